The molecule has 1 N–H and O–H groups in total. The molecular formula is C10H16N4S. The van der Waals surface area contributed by atoms with E-state index in [0.29, 0.717) is 5.92 Å². The topological polar surface area (TPSA) is 41.0 Å². The third-order valence-corrected chi connectivity index (χ3v) is 3.78. The lowest BCUT2D eigenvalue weighted by molar-refractivity contribution is 0.724. The van der Waals surface area contributed by atoms with Crippen molar-refractivity contribution in [2.75, 3.05) is 31.1 Å². The van der Waals surface area contributed by atoms with Crippen LogP contribution in [-0.4, -0.2) is 35.5 Å². The molecular weight excluding hydrogens is 208 g/mol. The van der Waals surface area contributed by atoms with Crippen LogP contribution in [0.2, 0.25) is 0 Å². The number of nitrogens with zero attached hydrogens (tertiary/aromatic N) is 3. The van der Waals surface area contributed by atoms with Gasteiger partial charge in [-0.3, -0.25) is 0 Å². The minimum absolute atomic E-state index is 0.681. The van der Waals surface area contributed by atoms with Gasteiger partial charge < -0.3 is 10.2 Å². The predicted octanol–water partition coefficient (Wildman–Crippen LogP) is 1.22. The van der Waals surface area contributed by atoms with Gasteiger partial charge in [0.1, 0.15) is 5.82 Å². The summed E-state index contributed by atoms with van der Waals surface area (Å²) in [6, 6.07) is 0. The van der Waals surface area contributed by atoms with Crippen molar-refractivity contribution in [2.24, 2.45) is 0 Å². The second-order valence-electron chi connectivity index (χ2n) is 4.30. The first-order chi connectivity index (χ1) is 7.43. The van der Waals surface area contributed by atoms with E-state index in [-0.39, 0.29) is 0 Å². The number of nitrogens with one attached hydrogen (secondary N) is 1. The molecule has 1 saturated carbocycles. The quantitative estimate of drug-likeness (QED) is 0.820. The molecule has 0 amide bonds. The Hall–Kier alpha value is -0.680. The molecule has 0 atom stereocenters. The van der Waals surface area contributed by atoms with Crippen molar-refractivity contribution in [1.82, 2.24) is 14.7 Å². The van der Waals surface area contributed by atoms with Gasteiger partial charge in [0.2, 0.25) is 5.13 Å². The zero-order chi connectivity index (χ0) is 10.1. The van der Waals surface area contributed by atoms with Crippen LogP contribution in [0.5, 0.6) is 0 Å². The zero-order valence-corrected chi connectivity index (χ0v) is 9.59. The molecule has 0 radical (unpaired) electrons. The third-order valence-electron chi connectivity index (χ3n) is 2.98. The highest BCUT2D eigenvalue weighted by atomic mass is 32.1. The van der Waals surface area contributed by atoms with Gasteiger partial charge in [0.05, 0.1) is 0 Å². The largest absolute Gasteiger partial charge is 0.346 e. The summed E-state index contributed by atoms with van der Waals surface area (Å²) in [6.45, 7) is 4.38. The van der Waals surface area contributed by atoms with E-state index in [4.69, 9.17) is 0 Å². The molecule has 1 aromatic rings. The van der Waals surface area contributed by atoms with E-state index in [1.54, 1.807) is 11.5 Å². The van der Waals surface area contributed by atoms with Gasteiger partial charge >= 0.3 is 0 Å². The van der Waals surface area contributed by atoms with Gasteiger partial charge in [-0.1, -0.05) is 0 Å². The van der Waals surface area contributed by atoms with E-state index < -0.39 is 0 Å². The molecule has 0 bridgehead atoms. The van der Waals surface area contributed by atoms with Crippen LogP contribution in [0, 0.1) is 0 Å². The lowest BCUT2D eigenvalue weighted by Crippen LogP contribution is -2.27. The van der Waals surface area contributed by atoms with Crippen LogP contribution >= 0.6 is 11.5 Å². The number of anilines is 1. The molecule has 0 unspecified atom stereocenters. The molecule has 3 rings (SSSR count). The summed E-state index contributed by atoms with van der Waals surface area (Å²) in [7, 11) is 0. The SMILES string of the molecule is C1CNCCN(c2nc(C3CC3)ns2)C1. The van der Waals surface area contributed by atoms with Gasteiger partial charge in [-0.05, 0) is 25.8 Å². The summed E-state index contributed by atoms with van der Waals surface area (Å²) in [5.41, 5.74) is 0. The lowest BCUT2D eigenvalue weighted by atomic mass is 10.4. The zero-order valence-electron chi connectivity index (χ0n) is 8.78. The molecule has 2 aliphatic rings. The Balaban J connectivity index is 1.72. The highest BCUT2D eigenvalue weighted by molar-refractivity contribution is 7.09. The summed E-state index contributed by atoms with van der Waals surface area (Å²) in [5.74, 6) is 1.77. The van der Waals surface area contributed by atoms with Crippen molar-refractivity contribution in [3.05, 3.63) is 5.82 Å². The van der Waals surface area contributed by atoms with E-state index in [2.05, 4.69) is 19.6 Å². The number of hydrogen-bond donors (Lipinski definition) is 1. The first kappa shape index (κ1) is 9.54. The summed E-state index contributed by atoms with van der Waals surface area (Å²) >= 11 is 1.57. The molecule has 0 aromatic carbocycles. The first-order valence-electron chi connectivity index (χ1n) is 5.73. The average molecular weight is 224 g/mol. The fourth-order valence-corrected chi connectivity index (χ4v) is 2.70. The molecule has 2 fully saturated rings. The highest BCUT2D eigenvalue weighted by Crippen LogP contribution is 2.39. The minimum atomic E-state index is 0.681. The van der Waals surface area contributed by atoms with Gasteiger partial charge in [0.15, 0.2) is 0 Å². The Bertz CT molecular complexity index is 326. The maximum Gasteiger partial charge on any atom is 0.205 e. The van der Waals surface area contributed by atoms with Crippen LogP contribution in [0.1, 0.15) is 31.0 Å². The monoisotopic (exact) mass is 224 g/mol. The van der Waals surface area contributed by atoms with Crippen molar-refractivity contribution >= 4 is 16.7 Å². The van der Waals surface area contributed by atoms with Gasteiger partial charge in [-0.25, -0.2) is 4.98 Å². The van der Waals surface area contributed by atoms with Crippen molar-refractivity contribution in [3.8, 4) is 0 Å². The fraction of sp³-hybridized carbons (Fsp3) is 0.800. The van der Waals surface area contributed by atoms with Crippen molar-refractivity contribution in [3.63, 3.8) is 0 Å². The smallest absolute Gasteiger partial charge is 0.205 e. The molecule has 1 aromatic heterocycles. The highest BCUT2D eigenvalue weighted by Gasteiger charge is 2.28. The number of hydrogen-bond acceptors (Lipinski definition) is 5. The number of aromatic nitrogens is 2. The van der Waals surface area contributed by atoms with Crippen LogP contribution in [0.15, 0.2) is 0 Å². The van der Waals surface area contributed by atoms with Gasteiger partial charge in [0.25, 0.3) is 0 Å². The predicted molar refractivity (Wildman–Crippen MR) is 61.6 cm³/mol. The molecule has 1 aliphatic heterocycles. The van der Waals surface area contributed by atoms with E-state index in [1.807, 2.05) is 0 Å². The summed E-state index contributed by atoms with van der Waals surface area (Å²) in [6.07, 6.45) is 3.79. The second kappa shape index (κ2) is 4.06. The van der Waals surface area contributed by atoms with E-state index in [1.165, 1.54) is 19.3 Å². The molecule has 82 valence electrons. The Kier molecular flexibility index (Phi) is 2.58. The van der Waals surface area contributed by atoms with Crippen LogP contribution < -0.4 is 10.2 Å². The fourth-order valence-electron chi connectivity index (χ4n) is 1.90. The van der Waals surface area contributed by atoms with Crippen LogP contribution in [-0.2, 0) is 0 Å². The Morgan fingerprint density at radius 3 is 3.07 bits per heavy atom. The summed E-state index contributed by atoms with van der Waals surface area (Å²) in [5, 5.41) is 4.53. The summed E-state index contributed by atoms with van der Waals surface area (Å²) in [4.78, 5) is 7.01. The van der Waals surface area contributed by atoms with Gasteiger partial charge in [-0.15, -0.1) is 0 Å². The Labute approximate surface area is 93.9 Å². The van der Waals surface area contributed by atoms with Crippen molar-refractivity contribution < 1.29 is 0 Å². The minimum Gasteiger partial charge on any atom is -0.346 e. The van der Waals surface area contributed by atoms with E-state index in [9.17, 15) is 0 Å². The molecule has 15 heavy (non-hydrogen) atoms. The average Bonchev–Trinajstić information content (AvgIpc) is 3.04. The van der Waals surface area contributed by atoms with Gasteiger partial charge in [0, 0.05) is 37.1 Å². The second-order valence-corrected chi connectivity index (χ2v) is 5.03. The number of rotatable bonds is 2. The van der Waals surface area contributed by atoms with E-state index in [0.717, 1.165) is 37.1 Å². The first-order valence-corrected chi connectivity index (χ1v) is 6.50. The lowest BCUT2D eigenvalue weighted by Gasteiger charge is -2.17. The van der Waals surface area contributed by atoms with Crippen molar-refractivity contribution in [2.45, 2.75) is 25.2 Å². The molecule has 2 heterocycles. The molecule has 1 aliphatic carbocycles. The maximum atomic E-state index is 4.64. The summed E-state index contributed by atoms with van der Waals surface area (Å²) < 4.78 is 4.45. The molecule has 5 heteroatoms. The standard InChI is InChI=1S/C10H16N4S/c1-4-11-5-7-14(6-1)10-12-9(13-15-10)8-2-3-8/h8,11H,1-7H2. The third kappa shape index (κ3) is 2.13. The normalized spacial score (nSPS) is 22.8. The Morgan fingerprint density at radius 2 is 2.20 bits per heavy atom. The molecule has 4 nitrogen and oxygen atoms in total. The van der Waals surface area contributed by atoms with Crippen LogP contribution in [0.4, 0.5) is 5.13 Å². The maximum absolute atomic E-state index is 4.64. The molecule has 0 spiro atoms. The van der Waals surface area contributed by atoms with Crippen molar-refractivity contribution in [1.29, 1.82) is 0 Å². The molecule has 1 saturated heterocycles. The van der Waals surface area contributed by atoms with Crippen LogP contribution in [0.25, 0.3) is 0 Å². The Morgan fingerprint density at radius 1 is 1.27 bits per heavy atom. The van der Waals surface area contributed by atoms with Crippen LogP contribution in [0.3, 0.4) is 0 Å². The van der Waals surface area contributed by atoms with Gasteiger partial charge in [-0.2, -0.15) is 4.37 Å². The van der Waals surface area contributed by atoms with E-state index >= 15 is 0 Å².